The minimum Gasteiger partial charge on any atom is -0.487 e. The lowest BCUT2D eigenvalue weighted by molar-refractivity contribution is -0.124. The van der Waals surface area contributed by atoms with Gasteiger partial charge in [0.1, 0.15) is 22.7 Å². The maximum absolute atomic E-state index is 12.4. The highest BCUT2D eigenvalue weighted by Gasteiger charge is 2.37. The third kappa shape index (κ3) is 4.21. The summed E-state index contributed by atoms with van der Waals surface area (Å²) in [7, 11) is -3.39. The molecule has 10 heteroatoms. The SMILES string of the molecule is Cc1c(C)c2c(OCC(=O)N[C@H]3CS(=O)(=O)C[C@@H]3O)cc3c(c2oc1=O)CCC(C)(C)O3. The van der Waals surface area contributed by atoms with Crippen LogP contribution in [0.2, 0.25) is 0 Å². The Hall–Kier alpha value is -2.59. The fourth-order valence-electron chi connectivity index (χ4n) is 4.21. The van der Waals surface area contributed by atoms with Crippen molar-refractivity contribution in [1.29, 1.82) is 0 Å². The van der Waals surface area contributed by atoms with Crippen LogP contribution in [0, 0.1) is 13.8 Å². The van der Waals surface area contributed by atoms with Crippen molar-refractivity contribution in [1.82, 2.24) is 5.32 Å². The lowest BCUT2D eigenvalue weighted by Gasteiger charge is -2.33. The number of benzene rings is 1. The molecule has 1 fully saturated rings. The Morgan fingerprint density at radius 1 is 1.28 bits per heavy atom. The van der Waals surface area contributed by atoms with E-state index in [4.69, 9.17) is 13.9 Å². The van der Waals surface area contributed by atoms with Gasteiger partial charge in [-0.3, -0.25) is 4.79 Å². The van der Waals surface area contributed by atoms with E-state index in [-0.39, 0.29) is 11.5 Å². The number of hydrogen-bond acceptors (Lipinski definition) is 8. The summed E-state index contributed by atoms with van der Waals surface area (Å²) in [5.41, 5.74) is 1.47. The molecule has 32 heavy (non-hydrogen) atoms. The normalized spacial score (nSPS) is 23.4. The van der Waals surface area contributed by atoms with Crippen LogP contribution in [0.5, 0.6) is 11.5 Å². The number of nitrogens with one attached hydrogen (secondary N) is 1. The summed E-state index contributed by atoms with van der Waals surface area (Å²) in [5, 5.41) is 13.0. The van der Waals surface area contributed by atoms with Crippen LogP contribution in [0.3, 0.4) is 0 Å². The largest absolute Gasteiger partial charge is 0.487 e. The van der Waals surface area contributed by atoms with Crippen LogP contribution in [-0.4, -0.2) is 55.3 Å². The van der Waals surface area contributed by atoms with Crippen LogP contribution in [0.4, 0.5) is 0 Å². The summed E-state index contributed by atoms with van der Waals surface area (Å²) >= 11 is 0. The molecule has 1 aromatic heterocycles. The number of aliphatic hydroxyl groups is 1. The van der Waals surface area contributed by atoms with Crippen LogP contribution >= 0.6 is 0 Å². The predicted molar refractivity (Wildman–Crippen MR) is 117 cm³/mol. The molecule has 0 unspecified atom stereocenters. The van der Waals surface area contributed by atoms with Crippen LogP contribution in [0.25, 0.3) is 11.0 Å². The van der Waals surface area contributed by atoms with Gasteiger partial charge in [-0.15, -0.1) is 0 Å². The van der Waals surface area contributed by atoms with Gasteiger partial charge in [0.25, 0.3) is 5.91 Å². The molecule has 1 aromatic carbocycles. The summed E-state index contributed by atoms with van der Waals surface area (Å²) in [5.74, 6) is -0.388. The van der Waals surface area contributed by atoms with Crippen molar-refractivity contribution in [3.63, 3.8) is 0 Å². The maximum Gasteiger partial charge on any atom is 0.339 e. The average molecular weight is 466 g/mol. The van der Waals surface area contributed by atoms with E-state index in [0.717, 1.165) is 12.0 Å². The molecule has 0 aliphatic carbocycles. The van der Waals surface area contributed by atoms with Gasteiger partial charge in [0.15, 0.2) is 16.4 Å². The van der Waals surface area contributed by atoms with Gasteiger partial charge in [0.2, 0.25) is 0 Å². The molecule has 9 nitrogen and oxygen atoms in total. The van der Waals surface area contributed by atoms with Gasteiger partial charge < -0.3 is 24.3 Å². The summed E-state index contributed by atoms with van der Waals surface area (Å²) in [6.45, 7) is 6.98. The van der Waals surface area contributed by atoms with E-state index in [1.165, 1.54) is 0 Å². The van der Waals surface area contributed by atoms with Gasteiger partial charge >= 0.3 is 5.63 Å². The van der Waals surface area contributed by atoms with E-state index in [1.807, 2.05) is 13.8 Å². The lowest BCUT2D eigenvalue weighted by Crippen LogP contribution is -2.44. The van der Waals surface area contributed by atoms with Gasteiger partial charge in [-0.05, 0) is 46.1 Å². The predicted octanol–water partition coefficient (Wildman–Crippen LogP) is 1.17. The van der Waals surface area contributed by atoms with Crippen molar-refractivity contribution >= 4 is 26.7 Å². The van der Waals surface area contributed by atoms with Crippen molar-refractivity contribution in [2.45, 2.75) is 58.3 Å². The van der Waals surface area contributed by atoms with Gasteiger partial charge in [0, 0.05) is 17.2 Å². The highest BCUT2D eigenvalue weighted by molar-refractivity contribution is 7.91. The number of sulfone groups is 1. The number of amides is 1. The summed E-state index contributed by atoms with van der Waals surface area (Å²) < 4.78 is 40.8. The first-order valence-corrected chi connectivity index (χ1v) is 12.3. The summed E-state index contributed by atoms with van der Waals surface area (Å²) in [4.78, 5) is 24.8. The van der Waals surface area contributed by atoms with E-state index in [2.05, 4.69) is 5.32 Å². The third-order valence-electron chi connectivity index (χ3n) is 6.14. The van der Waals surface area contributed by atoms with E-state index in [1.54, 1.807) is 19.9 Å². The summed E-state index contributed by atoms with van der Waals surface area (Å²) in [6, 6.07) is 0.829. The molecule has 4 rings (SSSR count). The Labute approximate surface area is 185 Å². The Kier molecular flexibility index (Phi) is 5.49. The Bertz CT molecular complexity index is 1260. The van der Waals surface area contributed by atoms with Crippen LogP contribution in [0.1, 0.15) is 37.0 Å². The fraction of sp³-hybridized carbons (Fsp3) is 0.545. The van der Waals surface area contributed by atoms with Gasteiger partial charge in [-0.1, -0.05) is 0 Å². The third-order valence-corrected chi connectivity index (χ3v) is 7.85. The quantitative estimate of drug-likeness (QED) is 0.643. The van der Waals surface area contributed by atoms with Crippen LogP contribution < -0.4 is 20.4 Å². The smallest absolute Gasteiger partial charge is 0.339 e. The molecule has 174 valence electrons. The van der Waals surface area contributed by atoms with Crippen molar-refractivity contribution in [3.8, 4) is 11.5 Å². The molecule has 2 N–H and O–H groups in total. The van der Waals surface area contributed by atoms with Gasteiger partial charge in [0.05, 0.1) is 29.0 Å². The van der Waals surface area contributed by atoms with Crippen molar-refractivity contribution in [3.05, 3.63) is 33.2 Å². The van der Waals surface area contributed by atoms with Crippen molar-refractivity contribution in [2.24, 2.45) is 0 Å². The van der Waals surface area contributed by atoms with E-state index >= 15 is 0 Å². The Morgan fingerprint density at radius 2 is 2.00 bits per heavy atom. The minimum atomic E-state index is -3.39. The standard InChI is InChI=1S/C22H27NO8S/c1-11-12(2)21(26)30-20-13-5-6-22(3,4)31-16(13)7-17(19(11)20)29-8-18(25)23-14-9-32(27,28)10-15(14)24/h7,14-15,24H,5-6,8-10H2,1-4H3,(H,23,25)/t14-,15-/m0/s1. The number of fused-ring (bicyclic) bond motifs is 3. The van der Waals surface area contributed by atoms with Gasteiger partial charge in [-0.25, -0.2) is 13.2 Å². The highest BCUT2D eigenvalue weighted by Crippen LogP contribution is 2.43. The molecular weight excluding hydrogens is 438 g/mol. The number of hydrogen-bond donors (Lipinski definition) is 2. The number of rotatable bonds is 4. The number of carbonyl (C=O) groups is 1. The number of aryl methyl sites for hydroxylation is 2. The molecular formula is C22H27NO8S. The monoisotopic (exact) mass is 465 g/mol. The first kappa shape index (κ1) is 22.6. The zero-order valence-electron chi connectivity index (χ0n) is 18.5. The maximum atomic E-state index is 12.4. The molecule has 0 bridgehead atoms. The second-order valence-corrected chi connectivity index (χ2v) is 11.3. The van der Waals surface area contributed by atoms with E-state index in [9.17, 15) is 23.1 Å². The first-order valence-electron chi connectivity index (χ1n) is 10.5. The second-order valence-electron chi connectivity index (χ2n) is 9.16. The molecule has 2 aromatic rings. The molecule has 0 spiro atoms. The molecule has 2 aliphatic heterocycles. The van der Waals surface area contributed by atoms with E-state index in [0.29, 0.717) is 40.0 Å². The Balaban J connectivity index is 1.65. The zero-order valence-corrected chi connectivity index (χ0v) is 19.3. The average Bonchev–Trinajstić information content (AvgIpc) is 2.94. The molecule has 3 heterocycles. The molecule has 1 amide bonds. The molecule has 0 saturated carbocycles. The van der Waals surface area contributed by atoms with Crippen molar-refractivity contribution in [2.75, 3.05) is 18.1 Å². The fourth-order valence-corrected chi connectivity index (χ4v) is 5.95. The second kappa shape index (κ2) is 7.77. The van der Waals surface area contributed by atoms with Gasteiger partial charge in [-0.2, -0.15) is 0 Å². The molecule has 0 radical (unpaired) electrons. The number of ether oxygens (including phenoxy) is 2. The molecule has 2 aliphatic rings. The number of aliphatic hydroxyl groups excluding tert-OH is 1. The minimum absolute atomic E-state index is 0.311. The topological polar surface area (TPSA) is 132 Å². The molecule has 2 atom stereocenters. The zero-order chi connectivity index (χ0) is 23.4. The molecule has 1 saturated heterocycles. The Morgan fingerprint density at radius 3 is 2.66 bits per heavy atom. The summed E-state index contributed by atoms with van der Waals surface area (Å²) in [6.07, 6.45) is 0.267. The van der Waals surface area contributed by atoms with Crippen molar-refractivity contribution < 1.29 is 32.2 Å². The van der Waals surface area contributed by atoms with Crippen LogP contribution in [0.15, 0.2) is 15.3 Å². The van der Waals surface area contributed by atoms with Crippen LogP contribution in [-0.2, 0) is 21.1 Å². The first-order chi connectivity index (χ1) is 14.9. The number of carbonyl (C=O) groups excluding carboxylic acids is 1. The van der Waals surface area contributed by atoms with E-state index < -0.39 is 45.7 Å². The highest BCUT2D eigenvalue weighted by atomic mass is 32.2. The lowest BCUT2D eigenvalue weighted by atomic mass is 9.92.